The molecule has 5 aromatic rings. The van der Waals surface area contributed by atoms with Gasteiger partial charge in [0.1, 0.15) is 11.9 Å². The van der Waals surface area contributed by atoms with Crippen molar-refractivity contribution in [1.29, 1.82) is 0 Å². The van der Waals surface area contributed by atoms with Gasteiger partial charge in [0, 0.05) is 67.6 Å². The second-order valence-corrected chi connectivity index (χ2v) is 11.2. The molecular formula is C31H35N9O2. The van der Waals surface area contributed by atoms with E-state index in [0.717, 1.165) is 57.8 Å². The number of nitrogens with zero attached hydrogens (tertiary/aromatic N) is 6. The third kappa shape index (κ3) is 5.30. The van der Waals surface area contributed by atoms with Crippen LogP contribution in [0.1, 0.15) is 31.5 Å². The van der Waals surface area contributed by atoms with Gasteiger partial charge in [-0.05, 0) is 57.9 Å². The average Bonchev–Trinajstić information content (AvgIpc) is 3.70. The van der Waals surface area contributed by atoms with Crippen molar-refractivity contribution in [1.82, 2.24) is 34.6 Å². The van der Waals surface area contributed by atoms with Gasteiger partial charge in [0.15, 0.2) is 5.82 Å². The summed E-state index contributed by atoms with van der Waals surface area (Å²) in [6.07, 6.45) is 8.04. The van der Waals surface area contributed by atoms with E-state index in [1.54, 1.807) is 23.3 Å². The van der Waals surface area contributed by atoms with Gasteiger partial charge in [-0.2, -0.15) is 5.10 Å². The first-order valence-electron chi connectivity index (χ1n) is 14.0. The molecule has 42 heavy (non-hydrogen) atoms. The van der Waals surface area contributed by atoms with Crippen molar-refractivity contribution in [2.45, 2.75) is 45.8 Å². The van der Waals surface area contributed by atoms with Crippen molar-refractivity contribution in [2.75, 3.05) is 23.7 Å². The predicted octanol–water partition coefficient (Wildman–Crippen LogP) is 4.98. The van der Waals surface area contributed by atoms with Crippen LogP contribution in [0, 0.1) is 13.8 Å². The van der Waals surface area contributed by atoms with Gasteiger partial charge in [-0.3, -0.25) is 19.4 Å². The van der Waals surface area contributed by atoms with Gasteiger partial charge < -0.3 is 20.4 Å². The maximum Gasteiger partial charge on any atom is 0.244 e. The summed E-state index contributed by atoms with van der Waals surface area (Å²) in [5.41, 5.74) is 4.51. The summed E-state index contributed by atoms with van der Waals surface area (Å²) in [4.78, 5) is 32.5. The maximum absolute atomic E-state index is 13.7. The quantitative estimate of drug-likeness (QED) is 0.240. The molecular weight excluding hydrogens is 530 g/mol. The number of likely N-dealkylation sites (tertiary alicyclic amines) is 1. The topological polar surface area (TPSA) is 126 Å². The number of H-pyrrole nitrogens is 1. The standard InChI is InChI=1S/C31H35N9O2/c1-19-16-34-30(36-26-15-20(2)39(5)38-26)37-27(19)24-17-33-28-23(24)7-6-8-25(28)35-29(41)31(3,4)40-14-11-22(18-40)42-21-9-12-32-13-10-21/h6-10,12-13,15-17,22,33H,11,14,18H2,1-5H3,(H,35,41)(H,34,36,37,38). The van der Waals surface area contributed by atoms with Crippen molar-refractivity contribution >= 4 is 34.3 Å². The highest BCUT2D eigenvalue weighted by molar-refractivity contribution is 6.07. The fourth-order valence-corrected chi connectivity index (χ4v) is 5.33. The van der Waals surface area contributed by atoms with Crippen LogP contribution in [0.3, 0.4) is 0 Å². The monoisotopic (exact) mass is 565 g/mol. The molecule has 1 aliphatic rings. The number of nitrogens with one attached hydrogen (secondary N) is 3. The zero-order valence-corrected chi connectivity index (χ0v) is 24.5. The molecule has 4 aromatic heterocycles. The summed E-state index contributed by atoms with van der Waals surface area (Å²) in [6.45, 7) is 9.33. The molecule has 11 nitrogen and oxygen atoms in total. The molecule has 5 heterocycles. The number of aromatic amines is 1. The highest BCUT2D eigenvalue weighted by Crippen LogP contribution is 2.34. The van der Waals surface area contributed by atoms with Crippen LogP contribution in [0.5, 0.6) is 5.75 Å². The minimum absolute atomic E-state index is 0.0195. The number of aromatic nitrogens is 6. The van der Waals surface area contributed by atoms with Crippen molar-refractivity contribution in [3.63, 3.8) is 0 Å². The lowest BCUT2D eigenvalue weighted by Crippen LogP contribution is -2.52. The molecule has 1 aromatic carbocycles. The minimum atomic E-state index is -0.735. The number of pyridine rings is 1. The summed E-state index contributed by atoms with van der Waals surface area (Å²) < 4.78 is 7.92. The number of fused-ring (bicyclic) bond motifs is 1. The molecule has 3 N–H and O–H groups in total. The summed E-state index contributed by atoms with van der Waals surface area (Å²) in [5, 5.41) is 11.8. The number of para-hydroxylation sites is 1. The Bertz CT molecular complexity index is 1720. The maximum atomic E-state index is 13.7. The smallest absolute Gasteiger partial charge is 0.244 e. The van der Waals surface area contributed by atoms with Gasteiger partial charge in [0.2, 0.25) is 11.9 Å². The first-order valence-corrected chi connectivity index (χ1v) is 14.0. The highest BCUT2D eigenvalue weighted by Gasteiger charge is 2.40. The second kappa shape index (κ2) is 10.9. The van der Waals surface area contributed by atoms with Crippen LogP contribution in [0.2, 0.25) is 0 Å². The van der Waals surface area contributed by atoms with E-state index in [2.05, 4.69) is 35.6 Å². The fourth-order valence-electron chi connectivity index (χ4n) is 5.33. The molecule has 1 atom stereocenters. The number of ether oxygens (including phenoxy) is 1. The molecule has 11 heteroatoms. The summed E-state index contributed by atoms with van der Waals surface area (Å²) in [7, 11) is 1.89. The normalized spacial score (nSPS) is 15.7. The number of anilines is 3. The lowest BCUT2D eigenvalue weighted by molar-refractivity contribution is -0.125. The molecule has 1 fully saturated rings. The summed E-state index contributed by atoms with van der Waals surface area (Å²) in [5.74, 6) is 1.86. The van der Waals surface area contributed by atoms with Crippen molar-refractivity contribution in [3.8, 4) is 17.0 Å². The van der Waals surface area contributed by atoms with Gasteiger partial charge in [-0.25, -0.2) is 9.97 Å². The molecule has 6 rings (SSSR count). The van der Waals surface area contributed by atoms with Gasteiger partial charge in [0.25, 0.3) is 0 Å². The Kier molecular flexibility index (Phi) is 7.11. The zero-order valence-electron chi connectivity index (χ0n) is 24.5. The van der Waals surface area contributed by atoms with E-state index in [9.17, 15) is 4.79 Å². The molecule has 1 unspecified atom stereocenters. The van der Waals surface area contributed by atoms with Crippen LogP contribution in [0.25, 0.3) is 22.2 Å². The van der Waals surface area contributed by atoms with Gasteiger partial charge in [-0.1, -0.05) is 12.1 Å². The van der Waals surface area contributed by atoms with Crippen LogP contribution < -0.4 is 15.4 Å². The molecule has 216 valence electrons. The van der Waals surface area contributed by atoms with Crippen molar-refractivity contribution in [3.05, 3.63) is 72.4 Å². The number of amides is 1. The Morgan fingerprint density at radius 2 is 1.98 bits per heavy atom. The van der Waals surface area contributed by atoms with Gasteiger partial charge in [-0.15, -0.1) is 0 Å². The molecule has 0 saturated carbocycles. The van der Waals surface area contributed by atoms with Crippen LogP contribution in [-0.2, 0) is 11.8 Å². The molecule has 0 bridgehead atoms. The molecule has 0 aliphatic carbocycles. The number of carbonyl (C=O) groups is 1. The van der Waals surface area contributed by atoms with Crippen molar-refractivity contribution in [2.24, 2.45) is 7.05 Å². The Labute approximate surface area is 244 Å². The molecule has 1 aliphatic heterocycles. The molecule has 1 amide bonds. The first kappa shape index (κ1) is 27.4. The summed E-state index contributed by atoms with van der Waals surface area (Å²) >= 11 is 0. The number of aryl methyl sites for hydroxylation is 3. The highest BCUT2D eigenvalue weighted by atomic mass is 16.5. The van der Waals surface area contributed by atoms with E-state index in [1.165, 1.54) is 0 Å². The van der Waals surface area contributed by atoms with E-state index in [-0.39, 0.29) is 12.0 Å². The largest absolute Gasteiger partial charge is 0.489 e. The van der Waals surface area contributed by atoms with Crippen LogP contribution in [0.15, 0.2) is 61.2 Å². The third-order valence-electron chi connectivity index (χ3n) is 7.99. The van der Waals surface area contributed by atoms with E-state index < -0.39 is 5.54 Å². The zero-order chi connectivity index (χ0) is 29.4. The first-order chi connectivity index (χ1) is 20.2. The van der Waals surface area contributed by atoms with Crippen LogP contribution >= 0.6 is 0 Å². The lowest BCUT2D eigenvalue weighted by Gasteiger charge is -2.34. The number of carbonyl (C=O) groups excluding carboxylic acids is 1. The van der Waals surface area contributed by atoms with Gasteiger partial charge >= 0.3 is 0 Å². The number of rotatable bonds is 8. The van der Waals surface area contributed by atoms with Gasteiger partial charge in [0.05, 0.1) is 22.4 Å². The van der Waals surface area contributed by atoms with Crippen LogP contribution in [0.4, 0.5) is 17.5 Å². The van der Waals surface area contributed by atoms with E-state index >= 15 is 0 Å². The molecule has 1 saturated heterocycles. The third-order valence-corrected chi connectivity index (χ3v) is 7.99. The lowest BCUT2D eigenvalue weighted by atomic mass is 10.0. The Morgan fingerprint density at radius 1 is 1.17 bits per heavy atom. The summed E-state index contributed by atoms with van der Waals surface area (Å²) in [6, 6.07) is 11.5. The van der Waals surface area contributed by atoms with E-state index in [1.807, 2.05) is 77.3 Å². The fraction of sp³-hybridized carbons (Fsp3) is 0.323. The molecule has 0 radical (unpaired) electrons. The SMILES string of the molecule is Cc1cnc(Nc2cc(C)n(C)n2)nc1-c1c[nH]c2c(NC(=O)C(C)(C)N3CCC(Oc4ccncc4)C3)cccc12. The number of hydrogen-bond acceptors (Lipinski definition) is 8. The average molecular weight is 566 g/mol. The predicted molar refractivity (Wildman–Crippen MR) is 163 cm³/mol. The Morgan fingerprint density at radius 3 is 2.74 bits per heavy atom. The van der Waals surface area contributed by atoms with E-state index in [4.69, 9.17) is 9.72 Å². The molecule has 0 spiro atoms. The van der Waals surface area contributed by atoms with Crippen molar-refractivity contribution < 1.29 is 9.53 Å². The number of hydrogen-bond donors (Lipinski definition) is 3. The minimum Gasteiger partial charge on any atom is -0.489 e. The van der Waals surface area contributed by atoms with E-state index in [0.29, 0.717) is 18.3 Å². The Hall–Kier alpha value is -4.77. The number of benzene rings is 1. The Balaban J connectivity index is 1.20. The second-order valence-electron chi connectivity index (χ2n) is 11.2. The van der Waals surface area contributed by atoms with Crippen LogP contribution in [-0.4, -0.2) is 65.3 Å².